The first-order valence-corrected chi connectivity index (χ1v) is 5.87. The third-order valence-corrected chi connectivity index (χ3v) is 2.94. The Kier molecular flexibility index (Phi) is 3.46. The number of hydrogen-bond acceptors (Lipinski definition) is 3. The summed E-state index contributed by atoms with van der Waals surface area (Å²) in [5, 5.41) is 8.72. The molecule has 0 bridgehead atoms. The van der Waals surface area contributed by atoms with E-state index in [1.165, 1.54) is 6.08 Å². The number of benzene rings is 1. The molecule has 1 aliphatic rings. The fourth-order valence-electron chi connectivity index (χ4n) is 2.00. The second kappa shape index (κ2) is 5.06. The van der Waals surface area contributed by atoms with Gasteiger partial charge in [-0.05, 0) is 25.0 Å². The number of imide groups is 1. The van der Waals surface area contributed by atoms with Crippen LogP contribution in [0.15, 0.2) is 35.9 Å². The van der Waals surface area contributed by atoms with E-state index in [2.05, 4.69) is 0 Å². The molecule has 1 aliphatic heterocycles. The number of carbonyl (C=O) groups is 3. The van der Waals surface area contributed by atoms with Gasteiger partial charge in [-0.1, -0.05) is 18.2 Å². The fraction of sp³-hybridized carbons (Fsp3) is 0.214. The van der Waals surface area contributed by atoms with Crippen LogP contribution in [0.3, 0.4) is 0 Å². The lowest BCUT2D eigenvalue weighted by molar-refractivity contribution is -0.137. The van der Waals surface area contributed by atoms with Crippen LogP contribution in [0.5, 0.6) is 0 Å². The van der Waals surface area contributed by atoms with Crippen molar-refractivity contribution < 1.29 is 19.5 Å². The molecule has 1 N–H and O–H groups in total. The van der Waals surface area contributed by atoms with Crippen LogP contribution in [0.4, 0.5) is 5.69 Å². The Morgan fingerprint density at radius 2 is 1.95 bits per heavy atom. The van der Waals surface area contributed by atoms with Gasteiger partial charge in [-0.15, -0.1) is 0 Å². The molecule has 0 aliphatic carbocycles. The highest BCUT2D eigenvalue weighted by atomic mass is 16.4. The molecule has 0 fully saturated rings. The molecular formula is C14H13NO4. The number of aliphatic carboxylic acids is 1. The maximum atomic E-state index is 11.9. The van der Waals surface area contributed by atoms with Crippen molar-refractivity contribution in [1.82, 2.24) is 0 Å². The number of aryl methyl sites for hydroxylation is 1. The summed E-state index contributed by atoms with van der Waals surface area (Å²) in [7, 11) is 0. The monoisotopic (exact) mass is 259 g/mol. The van der Waals surface area contributed by atoms with Crippen molar-refractivity contribution >= 4 is 23.5 Å². The van der Waals surface area contributed by atoms with Gasteiger partial charge in [0.25, 0.3) is 11.8 Å². The molecule has 0 aromatic heterocycles. The van der Waals surface area contributed by atoms with Gasteiger partial charge in [0.05, 0.1) is 5.69 Å². The van der Waals surface area contributed by atoms with Crippen molar-refractivity contribution in [3.63, 3.8) is 0 Å². The lowest BCUT2D eigenvalue weighted by Crippen LogP contribution is -2.31. The van der Waals surface area contributed by atoms with Gasteiger partial charge in [-0.2, -0.15) is 0 Å². The van der Waals surface area contributed by atoms with E-state index in [0.717, 1.165) is 4.90 Å². The first kappa shape index (κ1) is 13.0. The predicted molar refractivity (Wildman–Crippen MR) is 68.6 cm³/mol. The SMILES string of the molecule is CC1=CC(=O)N(c2ccccc2CCC(=O)O)C1=O. The maximum absolute atomic E-state index is 11.9. The van der Waals surface area contributed by atoms with E-state index in [0.29, 0.717) is 16.8 Å². The number of hydrogen-bond donors (Lipinski definition) is 1. The summed E-state index contributed by atoms with van der Waals surface area (Å²) in [4.78, 5) is 35.4. The lowest BCUT2D eigenvalue weighted by atomic mass is 10.1. The fourth-order valence-corrected chi connectivity index (χ4v) is 2.00. The van der Waals surface area contributed by atoms with Crippen LogP contribution in [-0.4, -0.2) is 22.9 Å². The average Bonchev–Trinajstić information content (AvgIpc) is 2.61. The van der Waals surface area contributed by atoms with Crippen LogP contribution in [0, 0.1) is 0 Å². The van der Waals surface area contributed by atoms with Gasteiger partial charge in [0.2, 0.25) is 0 Å². The molecule has 0 atom stereocenters. The summed E-state index contributed by atoms with van der Waals surface area (Å²) in [6, 6.07) is 6.85. The number of rotatable bonds is 4. The largest absolute Gasteiger partial charge is 0.481 e. The van der Waals surface area contributed by atoms with Crippen LogP contribution < -0.4 is 4.90 Å². The van der Waals surface area contributed by atoms with Gasteiger partial charge < -0.3 is 5.11 Å². The van der Waals surface area contributed by atoms with Gasteiger partial charge in [0, 0.05) is 18.1 Å². The smallest absolute Gasteiger partial charge is 0.303 e. The molecule has 5 nitrogen and oxygen atoms in total. The van der Waals surface area contributed by atoms with Crippen LogP contribution in [0.25, 0.3) is 0 Å². The van der Waals surface area contributed by atoms with E-state index >= 15 is 0 Å². The van der Waals surface area contributed by atoms with Crippen molar-refractivity contribution in [2.45, 2.75) is 19.8 Å². The Hall–Kier alpha value is -2.43. The molecule has 98 valence electrons. The normalized spacial score (nSPS) is 14.8. The van der Waals surface area contributed by atoms with Crippen LogP contribution in [0.1, 0.15) is 18.9 Å². The Balaban J connectivity index is 2.33. The summed E-state index contributed by atoms with van der Waals surface area (Å²) in [5.41, 5.74) is 1.53. The van der Waals surface area contributed by atoms with Crippen molar-refractivity contribution in [1.29, 1.82) is 0 Å². The number of amides is 2. The minimum Gasteiger partial charge on any atom is -0.481 e. The molecule has 5 heteroatoms. The lowest BCUT2D eigenvalue weighted by Gasteiger charge is -2.18. The Bertz CT molecular complexity index is 589. The molecule has 1 aromatic rings. The number of carboxylic acids is 1. The number of carboxylic acid groups (broad SMARTS) is 1. The first-order chi connectivity index (χ1) is 9.00. The molecule has 19 heavy (non-hydrogen) atoms. The summed E-state index contributed by atoms with van der Waals surface area (Å²) in [6.45, 7) is 1.58. The highest BCUT2D eigenvalue weighted by Crippen LogP contribution is 2.26. The van der Waals surface area contributed by atoms with Crippen LogP contribution in [-0.2, 0) is 20.8 Å². The molecule has 1 heterocycles. The number of nitrogens with zero attached hydrogens (tertiary/aromatic N) is 1. The molecule has 2 amide bonds. The van der Waals surface area contributed by atoms with Crippen molar-refractivity contribution in [3.8, 4) is 0 Å². The van der Waals surface area contributed by atoms with E-state index in [9.17, 15) is 14.4 Å². The minimum atomic E-state index is -0.914. The van der Waals surface area contributed by atoms with Crippen molar-refractivity contribution in [3.05, 3.63) is 41.5 Å². The van der Waals surface area contributed by atoms with Gasteiger partial charge in [-0.3, -0.25) is 14.4 Å². The Labute approximate surface area is 110 Å². The van der Waals surface area contributed by atoms with Crippen LogP contribution in [0.2, 0.25) is 0 Å². The molecule has 0 saturated carbocycles. The van der Waals surface area contributed by atoms with Gasteiger partial charge >= 0.3 is 5.97 Å². The molecule has 0 unspecified atom stereocenters. The molecular weight excluding hydrogens is 246 g/mol. The first-order valence-electron chi connectivity index (χ1n) is 5.87. The summed E-state index contributed by atoms with van der Waals surface area (Å²) in [6.07, 6.45) is 1.53. The molecule has 2 rings (SSSR count). The Morgan fingerprint density at radius 1 is 1.26 bits per heavy atom. The molecule has 0 saturated heterocycles. The third-order valence-electron chi connectivity index (χ3n) is 2.94. The van der Waals surface area contributed by atoms with Gasteiger partial charge in [-0.25, -0.2) is 4.90 Å². The zero-order chi connectivity index (χ0) is 14.0. The predicted octanol–water partition coefficient (Wildman–Crippen LogP) is 1.52. The van der Waals surface area contributed by atoms with E-state index in [4.69, 9.17) is 5.11 Å². The van der Waals surface area contributed by atoms with Gasteiger partial charge in [0.15, 0.2) is 0 Å². The molecule has 1 aromatic carbocycles. The highest BCUT2D eigenvalue weighted by Gasteiger charge is 2.30. The Morgan fingerprint density at radius 3 is 2.53 bits per heavy atom. The molecule has 0 spiro atoms. The number of carbonyl (C=O) groups excluding carboxylic acids is 2. The minimum absolute atomic E-state index is 0.0420. The second-order valence-corrected chi connectivity index (χ2v) is 4.33. The topological polar surface area (TPSA) is 74.7 Å². The summed E-state index contributed by atoms with van der Waals surface area (Å²) >= 11 is 0. The standard InChI is InChI=1S/C14H13NO4/c1-9-8-12(16)15(14(9)19)11-5-3-2-4-10(11)6-7-13(17)18/h2-5,8H,6-7H2,1H3,(H,17,18). The zero-order valence-electron chi connectivity index (χ0n) is 10.4. The number of para-hydroxylation sites is 1. The summed E-state index contributed by atoms with van der Waals surface area (Å²) in [5.74, 6) is -1.65. The van der Waals surface area contributed by atoms with E-state index in [1.54, 1.807) is 31.2 Å². The summed E-state index contributed by atoms with van der Waals surface area (Å²) < 4.78 is 0. The van der Waals surface area contributed by atoms with Crippen molar-refractivity contribution in [2.24, 2.45) is 0 Å². The quantitative estimate of drug-likeness (QED) is 0.832. The van der Waals surface area contributed by atoms with E-state index in [1.807, 2.05) is 0 Å². The van der Waals surface area contributed by atoms with Crippen LogP contribution >= 0.6 is 0 Å². The number of anilines is 1. The van der Waals surface area contributed by atoms with Gasteiger partial charge in [0.1, 0.15) is 0 Å². The molecule has 0 radical (unpaired) electrons. The maximum Gasteiger partial charge on any atom is 0.303 e. The second-order valence-electron chi connectivity index (χ2n) is 4.33. The van der Waals surface area contributed by atoms with Crippen molar-refractivity contribution in [2.75, 3.05) is 4.90 Å². The average molecular weight is 259 g/mol. The zero-order valence-corrected chi connectivity index (χ0v) is 10.4. The third kappa shape index (κ3) is 2.54. The van der Waals surface area contributed by atoms with E-state index in [-0.39, 0.29) is 24.7 Å². The van der Waals surface area contributed by atoms with E-state index < -0.39 is 5.97 Å². The highest BCUT2D eigenvalue weighted by molar-refractivity contribution is 6.30.